The van der Waals surface area contributed by atoms with Gasteiger partial charge >= 0.3 is 0 Å². The molecule has 2 rings (SSSR count). The number of nitrogens with zero attached hydrogens (tertiary/aromatic N) is 1. The molecule has 0 atom stereocenters. The van der Waals surface area contributed by atoms with Crippen LogP contribution in [-0.2, 0) is 10.0 Å². The fraction of sp³-hybridized carbons (Fsp3) is 0.316. The minimum atomic E-state index is -3.87. The Bertz CT molecular complexity index is 924. The van der Waals surface area contributed by atoms with Crippen molar-refractivity contribution in [2.24, 2.45) is 5.10 Å². The summed E-state index contributed by atoms with van der Waals surface area (Å²) in [6.45, 7) is 5.61. The van der Waals surface area contributed by atoms with Gasteiger partial charge in [-0.1, -0.05) is 6.07 Å². The number of sulfonamides is 1. The summed E-state index contributed by atoms with van der Waals surface area (Å²) >= 11 is 0. The van der Waals surface area contributed by atoms with Crippen molar-refractivity contribution >= 4 is 16.2 Å². The van der Waals surface area contributed by atoms with Crippen molar-refractivity contribution in [3.8, 4) is 17.2 Å². The standard InChI is InChI=1S/C19H24N2O5S/c1-13(2)26-18-11-15(7-9-16(18)24-4)12-20-21-27(22,23)19-10-14(3)6-8-17(19)25-5/h6-13,21H,1-5H3/b20-12+. The number of benzene rings is 2. The first kappa shape index (κ1) is 20.6. The number of nitrogens with one attached hydrogen (secondary N) is 1. The Balaban J connectivity index is 2.23. The molecular formula is C19H24N2O5S. The highest BCUT2D eigenvalue weighted by Gasteiger charge is 2.19. The highest BCUT2D eigenvalue weighted by molar-refractivity contribution is 7.89. The summed E-state index contributed by atoms with van der Waals surface area (Å²) in [7, 11) is -0.894. The number of hydrogen-bond donors (Lipinski definition) is 1. The van der Waals surface area contributed by atoms with Crippen LogP contribution in [0.25, 0.3) is 0 Å². The molecule has 0 heterocycles. The van der Waals surface area contributed by atoms with Gasteiger partial charge in [0, 0.05) is 0 Å². The van der Waals surface area contributed by atoms with E-state index in [1.165, 1.54) is 19.4 Å². The molecule has 27 heavy (non-hydrogen) atoms. The van der Waals surface area contributed by atoms with Crippen molar-refractivity contribution in [3.05, 3.63) is 47.5 Å². The van der Waals surface area contributed by atoms with E-state index in [9.17, 15) is 8.42 Å². The molecule has 0 fully saturated rings. The van der Waals surface area contributed by atoms with Crippen molar-refractivity contribution in [2.45, 2.75) is 31.8 Å². The molecule has 1 N–H and O–H groups in total. The molecule has 7 nitrogen and oxygen atoms in total. The predicted octanol–water partition coefficient (Wildman–Crippen LogP) is 3.11. The Hall–Kier alpha value is -2.74. The van der Waals surface area contributed by atoms with Crippen LogP contribution in [0.4, 0.5) is 0 Å². The van der Waals surface area contributed by atoms with Crippen LogP contribution >= 0.6 is 0 Å². The van der Waals surface area contributed by atoms with E-state index in [1.54, 1.807) is 44.4 Å². The summed E-state index contributed by atoms with van der Waals surface area (Å²) in [5.41, 5.74) is 1.45. The molecule has 0 amide bonds. The molecule has 0 aliphatic carbocycles. The molecule has 0 radical (unpaired) electrons. The van der Waals surface area contributed by atoms with Crippen molar-refractivity contribution in [3.63, 3.8) is 0 Å². The second kappa shape index (κ2) is 8.77. The first-order chi connectivity index (χ1) is 12.8. The maximum absolute atomic E-state index is 12.5. The third kappa shape index (κ3) is 5.37. The highest BCUT2D eigenvalue weighted by Crippen LogP contribution is 2.28. The van der Waals surface area contributed by atoms with Crippen molar-refractivity contribution in [1.29, 1.82) is 0 Å². The third-order valence-corrected chi connectivity index (χ3v) is 4.79. The molecule has 2 aromatic carbocycles. The summed E-state index contributed by atoms with van der Waals surface area (Å²) in [6, 6.07) is 10.1. The molecule has 0 aromatic heterocycles. The van der Waals surface area contributed by atoms with Crippen molar-refractivity contribution in [1.82, 2.24) is 4.83 Å². The quantitative estimate of drug-likeness (QED) is 0.551. The Labute approximate surface area is 160 Å². The molecule has 0 unspecified atom stereocenters. The van der Waals surface area contributed by atoms with Gasteiger partial charge in [0.05, 0.1) is 26.5 Å². The lowest BCUT2D eigenvalue weighted by Gasteiger charge is -2.13. The Morgan fingerprint density at radius 3 is 2.30 bits per heavy atom. The maximum Gasteiger partial charge on any atom is 0.280 e. The first-order valence-electron chi connectivity index (χ1n) is 8.31. The van der Waals surface area contributed by atoms with Crippen LogP contribution in [-0.4, -0.2) is 35.0 Å². The number of hydrazone groups is 1. The van der Waals surface area contributed by atoms with Gasteiger partial charge in [-0.05, 0) is 62.2 Å². The summed E-state index contributed by atoms with van der Waals surface area (Å²) in [6.07, 6.45) is 1.37. The van der Waals surface area contributed by atoms with E-state index < -0.39 is 10.0 Å². The zero-order chi connectivity index (χ0) is 20.0. The van der Waals surface area contributed by atoms with Crippen molar-refractivity contribution < 1.29 is 22.6 Å². The van der Waals surface area contributed by atoms with Gasteiger partial charge in [-0.15, -0.1) is 0 Å². The van der Waals surface area contributed by atoms with Crippen LogP contribution in [0.1, 0.15) is 25.0 Å². The van der Waals surface area contributed by atoms with E-state index in [1.807, 2.05) is 13.8 Å². The molecule has 0 saturated carbocycles. The lowest BCUT2D eigenvalue weighted by Crippen LogP contribution is -2.19. The monoisotopic (exact) mass is 392 g/mol. The molecular weight excluding hydrogens is 368 g/mol. The lowest BCUT2D eigenvalue weighted by atomic mass is 10.2. The van der Waals surface area contributed by atoms with E-state index in [0.717, 1.165) is 5.56 Å². The predicted molar refractivity (Wildman–Crippen MR) is 104 cm³/mol. The topological polar surface area (TPSA) is 86.2 Å². The van der Waals surface area contributed by atoms with Crippen LogP contribution in [0.5, 0.6) is 17.2 Å². The smallest absolute Gasteiger partial charge is 0.280 e. The van der Waals surface area contributed by atoms with E-state index in [0.29, 0.717) is 17.1 Å². The SMILES string of the molecule is COc1ccc(/C=N/NS(=O)(=O)c2cc(C)ccc2OC)cc1OC(C)C. The van der Waals surface area contributed by atoms with Crippen LogP contribution in [0, 0.1) is 6.92 Å². The van der Waals surface area contributed by atoms with Gasteiger partial charge < -0.3 is 14.2 Å². The molecule has 8 heteroatoms. The van der Waals surface area contributed by atoms with E-state index in [4.69, 9.17) is 14.2 Å². The van der Waals surface area contributed by atoms with Gasteiger partial charge in [-0.25, -0.2) is 0 Å². The van der Waals surface area contributed by atoms with E-state index in [-0.39, 0.29) is 16.7 Å². The van der Waals surface area contributed by atoms with E-state index in [2.05, 4.69) is 9.93 Å². The second-order valence-corrected chi connectivity index (χ2v) is 7.71. The maximum atomic E-state index is 12.5. The largest absolute Gasteiger partial charge is 0.495 e. The average Bonchev–Trinajstić information content (AvgIpc) is 2.61. The number of ether oxygens (including phenoxy) is 3. The molecule has 2 aromatic rings. The summed E-state index contributed by atoms with van der Waals surface area (Å²) < 4.78 is 41.1. The van der Waals surface area contributed by atoms with Gasteiger partial charge in [-0.3, -0.25) is 0 Å². The van der Waals surface area contributed by atoms with Gasteiger partial charge in [0.25, 0.3) is 10.0 Å². The molecule has 0 spiro atoms. The van der Waals surface area contributed by atoms with Gasteiger partial charge in [0.2, 0.25) is 0 Å². The van der Waals surface area contributed by atoms with Crippen molar-refractivity contribution in [2.75, 3.05) is 14.2 Å². The summed E-state index contributed by atoms with van der Waals surface area (Å²) in [5, 5.41) is 3.86. The summed E-state index contributed by atoms with van der Waals surface area (Å²) in [5.74, 6) is 1.39. The minimum Gasteiger partial charge on any atom is -0.495 e. The average molecular weight is 392 g/mol. The van der Waals surface area contributed by atoms with Crippen LogP contribution in [0.3, 0.4) is 0 Å². The second-order valence-electron chi connectivity index (χ2n) is 6.08. The number of hydrogen-bond acceptors (Lipinski definition) is 6. The zero-order valence-corrected chi connectivity index (χ0v) is 16.8. The number of aryl methyl sites for hydroxylation is 1. The number of methoxy groups -OCH3 is 2. The Kier molecular flexibility index (Phi) is 6.68. The summed E-state index contributed by atoms with van der Waals surface area (Å²) in [4.78, 5) is 2.23. The minimum absolute atomic E-state index is 0.0284. The lowest BCUT2D eigenvalue weighted by molar-refractivity contribution is 0.230. The molecule has 0 bridgehead atoms. The van der Waals surface area contributed by atoms with E-state index >= 15 is 0 Å². The Morgan fingerprint density at radius 2 is 1.67 bits per heavy atom. The fourth-order valence-corrected chi connectivity index (χ4v) is 3.38. The van der Waals surface area contributed by atoms with Crippen LogP contribution in [0.15, 0.2) is 46.4 Å². The molecule has 0 saturated heterocycles. The highest BCUT2D eigenvalue weighted by atomic mass is 32.2. The normalized spacial score (nSPS) is 11.6. The zero-order valence-electron chi connectivity index (χ0n) is 16.0. The number of rotatable bonds is 8. The van der Waals surface area contributed by atoms with Crippen LogP contribution < -0.4 is 19.0 Å². The third-order valence-electron chi connectivity index (χ3n) is 3.55. The molecule has 0 aliphatic heterocycles. The first-order valence-corrected chi connectivity index (χ1v) is 9.79. The van der Waals surface area contributed by atoms with Crippen LogP contribution in [0.2, 0.25) is 0 Å². The fourth-order valence-electron chi connectivity index (χ4n) is 2.33. The van der Waals surface area contributed by atoms with Gasteiger partial charge in [-0.2, -0.15) is 18.4 Å². The van der Waals surface area contributed by atoms with Gasteiger partial charge in [0.1, 0.15) is 10.6 Å². The van der Waals surface area contributed by atoms with Gasteiger partial charge in [0.15, 0.2) is 11.5 Å². The molecule has 0 aliphatic rings. The molecule has 146 valence electrons. The Morgan fingerprint density at radius 1 is 1.00 bits per heavy atom.